The van der Waals surface area contributed by atoms with Gasteiger partial charge in [0, 0.05) is 6.54 Å². The molecule has 0 saturated heterocycles. The normalized spacial score (nSPS) is 17.3. The van der Waals surface area contributed by atoms with Crippen LogP contribution in [0.4, 0.5) is 0 Å². The highest BCUT2D eigenvalue weighted by Gasteiger charge is 2.25. The number of benzene rings is 2. The van der Waals surface area contributed by atoms with Gasteiger partial charge in [-0.1, -0.05) is 31.2 Å². The molecule has 0 heterocycles. The molecule has 7 heteroatoms. The zero-order valence-electron chi connectivity index (χ0n) is 15.1. The maximum absolute atomic E-state index is 12.3. The van der Waals surface area contributed by atoms with Gasteiger partial charge in [-0.05, 0) is 60.6 Å². The number of fused-ring (bicyclic) bond motifs is 1. The Hall–Kier alpha value is -2.38. The Morgan fingerprint density at radius 1 is 1.19 bits per heavy atom. The van der Waals surface area contributed by atoms with Crippen molar-refractivity contribution in [2.45, 2.75) is 37.2 Å². The molecule has 1 aliphatic carbocycles. The molecular formula is C20H23NO5S. The number of aliphatic carboxylic acids is 1. The van der Waals surface area contributed by atoms with E-state index in [0.29, 0.717) is 18.7 Å². The van der Waals surface area contributed by atoms with Crippen LogP contribution in [0.3, 0.4) is 0 Å². The lowest BCUT2D eigenvalue weighted by Crippen LogP contribution is -2.29. The Morgan fingerprint density at radius 2 is 1.89 bits per heavy atom. The largest absolute Gasteiger partial charge is 0.479 e. The van der Waals surface area contributed by atoms with E-state index >= 15 is 0 Å². The lowest BCUT2D eigenvalue weighted by Gasteiger charge is -2.14. The number of hydrogen-bond acceptors (Lipinski definition) is 4. The van der Waals surface area contributed by atoms with Crippen molar-refractivity contribution in [3.8, 4) is 5.75 Å². The van der Waals surface area contributed by atoms with Crippen LogP contribution in [0, 0.1) is 5.92 Å². The predicted molar refractivity (Wildman–Crippen MR) is 101 cm³/mol. The molecule has 1 aliphatic rings. The van der Waals surface area contributed by atoms with Crippen LogP contribution in [0.25, 0.3) is 0 Å². The lowest BCUT2D eigenvalue weighted by molar-refractivity contribution is -0.145. The smallest absolute Gasteiger partial charge is 0.344 e. The van der Waals surface area contributed by atoms with Crippen molar-refractivity contribution in [3.63, 3.8) is 0 Å². The highest BCUT2D eigenvalue weighted by Crippen LogP contribution is 2.30. The first-order valence-electron chi connectivity index (χ1n) is 8.95. The van der Waals surface area contributed by atoms with Crippen LogP contribution in [-0.2, 0) is 27.7 Å². The molecule has 2 unspecified atom stereocenters. The van der Waals surface area contributed by atoms with E-state index in [4.69, 9.17) is 9.84 Å². The van der Waals surface area contributed by atoms with Gasteiger partial charge in [0.25, 0.3) is 0 Å². The van der Waals surface area contributed by atoms with Crippen LogP contribution in [0.15, 0.2) is 53.4 Å². The summed E-state index contributed by atoms with van der Waals surface area (Å²) in [6.07, 6.45) is 1.03. The molecule has 2 N–H and O–H groups in total. The number of carbonyl (C=O) groups is 1. The topological polar surface area (TPSA) is 92.7 Å². The molecule has 27 heavy (non-hydrogen) atoms. The first kappa shape index (κ1) is 19.4. The number of carboxylic acids is 1. The van der Waals surface area contributed by atoms with Crippen molar-refractivity contribution < 1.29 is 23.1 Å². The number of carboxylic acid groups (broad SMARTS) is 1. The quantitative estimate of drug-likeness (QED) is 0.724. The summed E-state index contributed by atoms with van der Waals surface area (Å²) in [5.41, 5.74) is 2.23. The Kier molecular flexibility index (Phi) is 5.82. The van der Waals surface area contributed by atoms with Crippen molar-refractivity contribution in [2.75, 3.05) is 6.54 Å². The summed E-state index contributed by atoms with van der Waals surface area (Å²) < 4.78 is 32.9. The van der Waals surface area contributed by atoms with E-state index < -0.39 is 22.1 Å². The van der Waals surface area contributed by atoms with Crippen molar-refractivity contribution in [2.24, 2.45) is 5.92 Å². The second-order valence-corrected chi connectivity index (χ2v) is 8.49. The minimum Gasteiger partial charge on any atom is -0.479 e. The standard InChI is InChI=1S/C20H23NO5S/c1-2-19(20(22)23)26-17-9-8-15-10-14(11-16(15)12-17)13-21-27(24,25)18-6-4-3-5-7-18/h3-9,12,14,19,21H,2,10-11,13H2,1H3,(H,22,23). The van der Waals surface area contributed by atoms with E-state index in [9.17, 15) is 13.2 Å². The van der Waals surface area contributed by atoms with Gasteiger partial charge in [-0.15, -0.1) is 0 Å². The lowest BCUT2D eigenvalue weighted by atomic mass is 10.1. The van der Waals surface area contributed by atoms with Crippen molar-refractivity contribution in [3.05, 3.63) is 59.7 Å². The molecule has 2 aromatic carbocycles. The summed E-state index contributed by atoms with van der Waals surface area (Å²) in [7, 11) is -3.51. The Bertz CT molecular complexity index is 911. The molecule has 0 saturated carbocycles. The molecule has 0 bridgehead atoms. The van der Waals surface area contributed by atoms with Gasteiger partial charge in [-0.3, -0.25) is 0 Å². The molecule has 3 rings (SSSR count). The number of rotatable bonds is 8. The van der Waals surface area contributed by atoms with Crippen LogP contribution in [0.5, 0.6) is 5.75 Å². The van der Waals surface area contributed by atoms with Crippen molar-refractivity contribution in [1.29, 1.82) is 0 Å². The van der Waals surface area contributed by atoms with E-state index in [2.05, 4.69) is 4.72 Å². The molecule has 0 spiro atoms. The SMILES string of the molecule is CCC(Oc1ccc2c(c1)CC(CNS(=O)(=O)c1ccccc1)C2)C(=O)O. The Balaban J connectivity index is 1.62. The molecule has 2 atom stereocenters. The second kappa shape index (κ2) is 8.10. The molecule has 144 valence electrons. The molecule has 0 radical (unpaired) electrons. The summed E-state index contributed by atoms with van der Waals surface area (Å²) in [5.74, 6) is -0.283. The highest BCUT2D eigenvalue weighted by atomic mass is 32.2. The molecule has 0 aromatic heterocycles. The number of hydrogen-bond donors (Lipinski definition) is 2. The van der Waals surface area contributed by atoms with Crippen LogP contribution < -0.4 is 9.46 Å². The highest BCUT2D eigenvalue weighted by molar-refractivity contribution is 7.89. The summed E-state index contributed by atoms with van der Waals surface area (Å²) in [5, 5.41) is 9.12. The van der Waals surface area contributed by atoms with Crippen molar-refractivity contribution >= 4 is 16.0 Å². The number of nitrogens with one attached hydrogen (secondary N) is 1. The van der Waals surface area contributed by atoms with Crippen molar-refractivity contribution in [1.82, 2.24) is 4.72 Å². The first-order chi connectivity index (χ1) is 12.9. The molecule has 6 nitrogen and oxygen atoms in total. The van der Waals surface area contributed by atoms with E-state index in [1.54, 1.807) is 43.3 Å². The van der Waals surface area contributed by atoms with Gasteiger partial charge in [-0.2, -0.15) is 0 Å². The van der Waals surface area contributed by atoms with Crippen LogP contribution in [0.2, 0.25) is 0 Å². The van der Waals surface area contributed by atoms with E-state index in [1.807, 2.05) is 12.1 Å². The summed E-state index contributed by atoms with van der Waals surface area (Å²) in [6, 6.07) is 13.9. The number of sulfonamides is 1. The van der Waals surface area contributed by atoms with Gasteiger partial charge < -0.3 is 9.84 Å². The minimum absolute atomic E-state index is 0.162. The maximum atomic E-state index is 12.3. The fourth-order valence-electron chi connectivity index (χ4n) is 3.29. The molecule has 0 aliphatic heterocycles. The molecular weight excluding hydrogens is 366 g/mol. The zero-order chi connectivity index (χ0) is 19.4. The average Bonchev–Trinajstić information content (AvgIpc) is 3.07. The van der Waals surface area contributed by atoms with E-state index in [1.165, 1.54) is 0 Å². The fraction of sp³-hybridized carbons (Fsp3) is 0.350. The van der Waals surface area contributed by atoms with Crippen LogP contribution in [-0.4, -0.2) is 32.1 Å². The predicted octanol–water partition coefficient (Wildman–Crippen LogP) is 2.62. The van der Waals surface area contributed by atoms with Gasteiger partial charge in [0.05, 0.1) is 4.90 Å². The Labute approximate surface area is 159 Å². The third kappa shape index (κ3) is 4.67. The van der Waals surface area contributed by atoms with E-state index in [0.717, 1.165) is 24.0 Å². The van der Waals surface area contributed by atoms with E-state index in [-0.39, 0.29) is 10.8 Å². The summed E-state index contributed by atoms with van der Waals surface area (Å²) in [6.45, 7) is 2.12. The van der Waals surface area contributed by atoms with Gasteiger partial charge in [0.2, 0.25) is 10.0 Å². The molecule has 2 aromatic rings. The minimum atomic E-state index is -3.51. The third-order valence-corrected chi connectivity index (χ3v) is 6.17. The fourth-order valence-corrected chi connectivity index (χ4v) is 4.42. The summed E-state index contributed by atoms with van der Waals surface area (Å²) >= 11 is 0. The Morgan fingerprint density at radius 3 is 2.56 bits per heavy atom. The number of ether oxygens (including phenoxy) is 1. The zero-order valence-corrected chi connectivity index (χ0v) is 15.9. The van der Waals surface area contributed by atoms with Crippen LogP contribution in [0.1, 0.15) is 24.5 Å². The second-order valence-electron chi connectivity index (χ2n) is 6.72. The van der Waals surface area contributed by atoms with Gasteiger partial charge in [0.1, 0.15) is 5.75 Å². The molecule has 0 amide bonds. The average molecular weight is 389 g/mol. The van der Waals surface area contributed by atoms with Gasteiger partial charge in [0.15, 0.2) is 6.10 Å². The molecule has 0 fully saturated rings. The third-order valence-electron chi connectivity index (χ3n) is 4.74. The summed E-state index contributed by atoms with van der Waals surface area (Å²) in [4.78, 5) is 11.4. The van der Waals surface area contributed by atoms with Gasteiger partial charge >= 0.3 is 5.97 Å². The first-order valence-corrected chi connectivity index (χ1v) is 10.4. The van der Waals surface area contributed by atoms with Crippen LogP contribution >= 0.6 is 0 Å². The maximum Gasteiger partial charge on any atom is 0.344 e. The monoisotopic (exact) mass is 389 g/mol. The van der Waals surface area contributed by atoms with Gasteiger partial charge in [-0.25, -0.2) is 17.9 Å².